The Morgan fingerprint density at radius 2 is 1.93 bits per heavy atom. The Morgan fingerprint density at radius 1 is 1.19 bits per heavy atom. The van der Waals surface area contributed by atoms with Crippen molar-refractivity contribution < 1.29 is 14.7 Å². The van der Waals surface area contributed by atoms with E-state index in [9.17, 15) is 14.7 Å². The quantitative estimate of drug-likeness (QED) is 0.611. The van der Waals surface area contributed by atoms with Crippen molar-refractivity contribution in [1.29, 1.82) is 0 Å². The van der Waals surface area contributed by atoms with Gasteiger partial charge in [0.1, 0.15) is 11.7 Å². The van der Waals surface area contributed by atoms with Gasteiger partial charge < -0.3 is 14.8 Å². The van der Waals surface area contributed by atoms with Crippen LogP contribution in [0.15, 0.2) is 59.8 Å². The topological polar surface area (TPSA) is 83.7 Å². The van der Waals surface area contributed by atoms with Gasteiger partial charge in [-0.1, -0.05) is 19.9 Å². The van der Waals surface area contributed by atoms with Crippen LogP contribution in [0.1, 0.15) is 29.9 Å². The van der Waals surface area contributed by atoms with Crippen molar-refractivity contribution in [2.24, 2.45) is 5.92 Å². The molecule has 0 radical (unpaired) electrons. The van der Waals surface area contributed by atoms with Crippen LogP contribution in [0, 0.1) is 5.92 Å². The fourth-order valence-electron chi connectivity index (χ4n) is 2.65. The first-order valence-corrected chi connectivity index (χ1v) is 9.62. The fourth-order valence-corrected chi connectivity index (χ4v) is 3.44. The summed E-state index contributed by atoms with van der Waals surface area (Å²) >= 11 is 1.63. The predicted octanol–water partition coefficient (Wildman–Crippen LogP) is 3.47. The van der Waals surface area contributed by atoms with E-state index in [2.05, 4.69) is 10.3 Å². The molecule has 0 aliphatic heterocycles. The monoisotopic (exact) mass is 383 g/mol. The number of nitrogens with zero attached hydrogens (tertiary/aromatic N) is 2. The van der Waals surface area contributed by atoms with Crippen molar-refractivity contribution in [3.05, 3.63) is 66.1 Å². The van der Waals surface area contributed by atoms with Crippen LogP contribution in [0.5, 0.6) is 0 Å². The average molecular weight is 383 g/mol. The van der Waals surface area contributed by atoms with E-state index < -0.39 is 12.0 Å². The molecule has 0 saturated carbocycles. The van der Waals surface area contributed by atoms with E-state index in [1.54, 1.807) is 37.7 Å². The first-order valence-electron chi connectivity index (χ1n) is 8.63. The Hall–Kier alpha value is -2.80. The molecule has 0 unspecified atom stereocenters. The number of hydrogen-bond acceptors (Lipinski definition) is 4. The third kappa shape index (κ3) is 4.68. The number of carbonyl (C=O) groups excluding carboxylic acids is 1. The number of amides is 1. The SMILES string of the molecule is CC(C)[C@@H](NC(=O)c1ccc(SCc2cn3ccccc3n2)cc1)C(=O)O. The number of carboxylic acids is 1. The largest absolute Gasteiger partial charge is 0.480 e. The Labute approximate surface area is 161 Å². The lowest BCUT2D eigenvalue weighted by Gasteiger charge is -2.17. The molecule has 3 rings (SSSR count). The van der Waals surface area contributed by atoms with Gasteiger partial charge in [-0.15, -0.1) is 11.8 Å². The highest BCUT2D eigenvalue weighted by Gasteiger charge is 2.23. The second-order valence-corrected chi connectivity index (χ2v) is 7.59. The number of rotatable bonds is 7. The van der Waals surface area contributed by atoms with Gasteiger partial charge in [0.15, 0.2) is 0 Å². The number of fused-ring (bicyclic) bond motifs is 1. The van der Waals surface area contributed by atoms with E-state index in [-0.39, 0.29) is 11.8 Å². The van der Waals surface area contributed by atoms with E-state index >= 15 is 0 Å². The second-order valence-electron chi connectivity index (χ2n) is 6.54. The number of pyridine rings is 1. The van der Waals surface area contributed by atoms with Crippen LogP contribution in [0.25, 0.3) is 5.65 Å². The van der Waals surface area contributed by atoms with Gasteiger partial charge in [-0.05, 0) is 42.3 Å². The highest BCUT2D eigenvalue weighted by Crippen LogP contribution is 2.23. The number of aliphatic carboxylic acids is 1. The smallest absolute Gasteiger partial charge is 0.326 e. The third-order valence-electron chi connectivity index (χ3n) is 4.14. The number of aromatic nitrogens is 2. The number of imidazole rings is 1. The van der Waals surface area contributed by atoms with Gasteiger partial charge in [-0.25, -0.2) is 9.78 Å². The van der Waals surface area contributed by atoms with Crippen molar-refractivity contribution in [2.45, 2.75) is 30.5 Å². The van der Waals surface area contributed by atoms with Crippen molar-refractivity contribution in [2.75, 3.05) is 0 Å². The zero-order valence-corrected chi connectivity index (χ0v) is 15.9. The molecule has 2 N–H and O–H groups in total. The van der Waals surface area contributed by atoms with Crippen LogP contribution in [-0.4, -0.2) is 32.4 Å². The lowest BCUT2D eigenvalue weighted by atomic mass is 10.0. The maximum atomic E-state index is 12.3. The number of carbonyl (C=O) groups is 2. The lowest BCUT2D eigenvalue weighted by molar-refractivity contribution is -0.140. The summed E-state index contributed by atoms with van der Waals surface area (Å²) in [6.45, 7) is 3.52. The van der Waals surface area contributed by atoms with Crippen molar-refractivity contribution in [3.63, 3.8) is 0 Å². The van der Waals surface area contributed by atoms with Crippen molar-refractivity contribution in [1.82, 2.24) is 14.7 Å². The zero-order chi connectivity index (χ0) is 19.4. The normalized spacial score (nSPS) is 12.3. The average Bonchev–Trinajstić information content (AvgIpc) is 3.07. The molecule has 2 aromatic heterocycles. The van der Waals surface area contributed by atoms with E-state index in [1.165, 1.54) is 0 Å². The number of benzene rings is 1. The van der Waals surface area contributed by atoms with Crippen LogP contribution in [0.4, 0.5) is 0 Å². The van der Waals surface area contributed by atoms with Crippen molar-refractivity contribution >= 4 is 29.3 Å². The summed E-state index contributed by atoms with van der Waals surface area (Å²) in [6.07, 6.45) is 3.97. The zero-order valence-electron chi connectivity index (χ0n) is 15.1. The molecule has 0 aliphatic rings. The van der Waals surface area contributed by atoms with Crippen molar-refractivity contribution in [3.8, 4) is 0 Å². The van der Waals surface area contributed by atoms with Gasteiger partial charge in [0.2, 0.25) is 0 Å². The summed E-state index contributed by atoms with van der Waals surface area (Å²) < 4.78 is 1.98. The molecular formula is C20H21N3O3S. The highest BCUT2D eigenvalue weighted by molar-refractivity contribution is 7.98. The maximum absolute atomic E-state index is 12.3. The number of nitrogens with one attached hydrogen (secondary N) is 1. The molecule has 3 aromatic rings. The molecule has 7 heteroatoms. The molecular weight excluding hydrogens is 362 g/mol. The standard InChI is InChI=1S/C20H21N3O3S/c1-13(2)18(20(25)26)22-19(24)14-6-8-16(9-7-14)27-12-15-11-23-10-4-3-5-17(23)21-15/h3-11,13,18H,12H2,1-2H3,(H,22,24)(H,25,26)/t18-/m1/s1. The first-order chi connectivity index (χ1) is 12.9. The van der Waals surface area contributed by atoms with Gasteiger partial charge in [-0.3, -0.25) is 4.79 Å². The Morgan fingerprint density at radius 3 is 2.56 bits per heavy atom. The Bertz CT molecular complexity index is 918. The summed E-state index contributed by atoms with van der Waals surface area (Å²) in [7, 11) is 0. The molecule has 140 valence electrons. The summed E-state index contributed by atoms with van der Waals surface area (Å²) in [4.78, 5) is 29.1. The second kappa shape index (κ2) is 8.26. The number of thioether (sulfide) groups is 1. The van der Waals surface area contributed by atoms with Gasteiger partial charge in [0, 0.05) is 28.6 Å². The lowest BCUT2D eigenvalue weighted by Crippen LogP contribution is -2.44. The van der Waals surface area contributed by atoms with E-state index in [4.69, 9.17) is 0 Å². The molecule has 0 saturated heterocycles. The number of carboxylic acid groups (broad SMARTS) is 1. The third-order valence-corrected chi connectivity index (χ3v) is 5.18. The van der Waals surface area contributed by atoms with Crippen LogP contribution in [-0.2, 0) is 10.5 Å². The minimum atomic E-state index is -1.03. The summed E-state index contributed by atoms with van der Waals surface area (Å²) in [5, 5.41) is 11.8. The van der Waals surface area contributed by atoms with Gasteiger partial charge in [-0.2, -0.15) is 0 Å². The van der Waals surface area contributed by atoms with Crippen LogP contribution in [0.2, 0.25) is 0 Å². The van der Waals surface area contributed by atoms with Crippen LogP contribution in [0.3, 0.4) is 0 Å². The van der Waals surface area contributed by atoms with Crippen LogP contribution >= 0.6 is 11.8 Å². The predicted molar refractivity (Wildman–Crippen MR) is 105 cm³/mol. The van der Waals surface area contributed by atoms with E-state index in [0.717, 1.165) is 22.0 Å². The Balaban J connectivity index is 1.61. The summed E-state index contributed by atoms with van der Waals surface area (Å²) in [5.74, 6) is -0.875. The maximum Gasteiger partial charge on any atom is 0.326 e. The van der Waals surface area contributed by atoms with Gasteiger partial charge in [0.25, 0.3) is 5.91 Å². The van der Waals surface area contributed by atoms with Crippen LogP contribution < -0.4 is 5.32 Å². The molecule has 1 aromatic carbocycles. The highest BCUT2D eigenvalue weighted by atomic mass is 32.2. The minimum absolute atomic E-state index is 0.188. The molecule has 27 heavy (non-hydrogen) atoms. The fraction of sp³-hybridized carbons (Fsp3) is 0.250. The van der Waals surface area contributed by atoms with E-state index in [1.807, 2.05) is 47.1 Å². The molecule has 0 fully saturated rings. The van der Waals surface area contributed by atoms with Gasteiger partial charge in [0.05, 0.1) is 5.69 Å². The molecule has 2 heterocycles. The molecule has 0 bridgehead atoms. The van der Waals surface area contributed by atoms with E-state index in [0.29, 0.717) is 5.56 Å². The summed E-state index contributed by atoms with van der Waals surface area (Å²) in [6, 6.07) is 12.1. The van der Waals surface area contributed by atoms with Gasteiger partial charge >= 0.3 is 5.97 Å². The first kappa shape index (κ1) is 19.0. The molecule has 0 spiro atoms. The Kier molecular flexibility index (Phi) is 5.81. The minimum Gasteiger partial charge on any atom is -0.480 e. The molecule has 1 atom stereocenters. The molecule has 1 amide bonds. The molecule has 6 nitrogen and oxygen atoms in total. The summed E-state index contributed by atoms with van der Waals surface area (Å²) in [5.41, 5.74) is 2.34. The molecule has 0 aliphatic carbocycles. The number of hydrogen-bond donors (Lipinski definition) is 2.